The molecule has 0 heterocycles. The number of hydrogen-bond acceptors (Lipinski definition) is 4. The standard InChI is InChI=1S/C17H34O3S/c1-3-4-5-10-13-19-14-11-8-6-7-9-12-15-20-17(18)16(2)21/h16,21H,3-15H2,1-2H3. The highest BCUT2D eigenvalue weighted by Gasteiger charge is 2.07. The maximum Gasteiger partial charge on any atom is 0.318 e. The highest BCUT2D eigenvalue weighted by Crippen LogP contribution is 2.07. The smallest absolute Gasteiger partial charge is 0.318 e. The van der Waals surface area contributed by atoms with Crippen molar-refractivity contribution in [3.05, 3.63) is 0 Å². The molecule has 0 saturated carbocycles. The van der Waals surface area contributed by atoms with Gasteiger partial charge in [0.25, 0.3) is 0 Å². The van der Waals surface area contributed by atoms with Crippen LogP contribution in [-0.4, -0.2) is 31.0 Å². The summed E-state index contributed by atoms with van der Waals surface area (Å²) in [5.41, 5.74) is 0. The molecule has 0 saturated heterocycles. The molecular formula is C17H34O3S. The molecule has 0 aliphatic rings. The lowest BCUT2D eigenvalue weighted by molar-refractivity contribution is -0.142. The first-order valence-electron chi connectivity index (χ1n) is 8.61. The fraction of sp³-hybridized carbons (Fsp3) is 0.941. The molecule has 0 aromatic carbocycles. The molecule has 21 heavy (non-hydrogen) atoms. The predicted octanol–water partition coefficient (Wildman–Crippen LogP) is 4.79. The second-order valence-corrected chi connectivity index (χ2v) is 6.41. The van der Waals surface area contributed by atoms with Crippen molar-refractivity contribution in [3.8, 4) is 0 Å². The number of ether oxygens (including phenoxy) is 2. The quantitative estimate of drug-likeness (QED) is 0.268. The molecule has 0 N–H and O–H groups in total. The molecule has 0 rings (SSSR count). The van der Waals surface area contributed by atoms with Crippen molar-refractivity contribution in [1.29, 1.82) is 0 Å². The van der Waals surface area contributed by atoms with E-state index >= 15 is 0 Å². The van der Waals surface area contributed by atoms with Gasteiger partial charge >= 0.3 is 5.97 Å². The van der Waals surface area contributed by atoms with Crippen LogP contribution in [0.15, 0.2) is 0 Å². The Labute approximate surface area is 136 Å². The molecule has 1 atom stereocenters. The van der Waals surface area contributed by atoms with Gasteiger partial charge in [0.15, 0.2) is 0 Å². The number of carbonyl (C=O) groups excluding carboxylic acids is 1. The van der Waals surface area contributed by atoms with Crippen molar-refractivity contribution in [2.75, 3.05) is 19.8 Å². The zero-order chi connectivity index (χ0) is 15.8. The molecule has 0 aliphatic carbocycles. The molecule has 0 aromatic rings. The average Bonchev–Trinajstić information content (AvgIpc) is 2.47. The second-order valence-electron chi connectivity index (χ2n) is 5.64. The molecule has 4 heteroatoms. The van der Waals surface area contributed by atoms with Gasteiger partial charge in [-0.25, -0.2) is 0 Å². The topological polar surface area (TPSA) is 35.5 Å². The summed E-state index contributed by atoms with van der Waals surface area (Å²) in [4.78, 5) is 11.1. The summed E-state index contributed by atoms with van der Waals surface area (Å²) in [6, 6.07) is 0. The predicted molar refractivity (Wildman–Crippen MR) is 92.1 cm³/mol. The van der Waals surface area contributed by atoms with Crippen molar-refractivity contribution >= 4 is 18.6 Å². The fourth-order valence-electron chi connectivity index (χ4n) is 2.04. The summed E-state index contributed by atoms with van der Waals surface area (Å²) in [5.74, 6) is -0.214. The van der Waals surface area contributed by atoms with Gasteiger partial charge < -0.3 is 9.47 Å². The second kappa shape index (κ2) is 16.2. The van der Waals surface area contributed by atoms with Crippen molar-refractivity contribution < 1.29 is 14.3 Å². The maximum atomic E-state index is 11.1. The third kappa shape index (κ3) is 16.0. The molecule has 0 bridgehead atoms. The summed E-state index contributed by atoms with van der Waals surface area (Å²) in [6.45, 7) is 6.33. The molecule has 0 aliphatic heterocycles. The minimum Gasteiger partial charge on any atom is -0.465 e. The minimum atomic E-state index is -0.313. The Morgan fingerprint density at radius 3 is 1.86 bits per heavy atom. The Bertz CT molecular complexity index is 232. The van der Waals surface area contributed by atoms with Gasteiger partial charge in [-0.2, -0.15) is 12.6 Å². The van der Waals surface area contributed by atoms with Crippen LogP contribution in [0, 0.1) is 0 Å². The Morgan fingerprint density at radius 2 is 1.33 bits per heavy atom. The first-order chi connectivity index (χ1) is 10.2. The first-order valence-corrected chi connectivity index (χ1v) is 9.12. The summed E-state index contributed by atoms with van der Waals surface area (Å²) < 4.78 is 10.7. The zero-order valence-electron chi connectivity index (χ0n) is 13.9. The Morgan fingerprint density at radius 1 is 0.857 bits per heavy atom. The van der Waals surface area contributed by atoms with Crippen LogP contribution in [0.2, 0.25) is 0 Å². The average molecular weight is 319 g/mol. The van der Waals surface area contributed by atoms with Gasteiger partial charge in [-0.3, -0.25) is 4.79 Å². The Kier molecular flexibility index (Phi) is 16.0. The first kappa shape index (κ1) is 20.8. The van der Waals surface area contributed by atoms with E-state index in [2.05, 4.69) is 19.6 Å². The largest absolute Gasteiger partial charge is 0.465 e. The molecule has 3 nitrogen and oxygen atoms in total. The van der Waals surface area contributed by atoms with Crippen LogP contribution in [0.25, 0.3) is 0 Å². The maximum absolute atomic E-state index is 11.1. The van der Waals surface area contributed by atoms with Crippen LogP contribution >= 0.6 is 12.6 Å². The van der Waals surface area contributed by atoms with Crippen molar-refractivity contribution in [2.24, 2.45) is 0 Å². The molecule has 0 aromatic heterocycles. The normalized spacial score (nSPS) is 12.3. The van der Waals surface area contributed by atoms with E-state index in [1.165, 1.54) is 51.4 Å². The van der Waals surface area contributed by atoms with Crippen LogP contribution < -0.4 is 0 Å². The summed E-state index contributed by atoms with van der Waals surface area (Å²) >= 11 is 4.03. The number of esters is 1. The monoisotopic (exact) mass is 318 g/mol. The summed E-state index contributed by atoms with van der Waals surface area (Å²) in [5, 5.41) is -0.313. The van der Waals surface area contributed by atoms with E-state index in [-0.39, 0.29) is 11.2 Å². The van der Waals surface area contributed by atoms with E-state index in [0.29, 0.717) is 6.61 Å². The van der Waals surface area contributed by atoms with E-state index in [1.54, 1.807) is 6.92 Å². The van der Waals surface area contributed by atoms with Gasteiger partial charge in [0.05, 0.1) is 11.9 Å². The molecule has 0 radical (unpaired) electrons. The Balaban J connectivity index is 3.04. The highest BCUT2D eigenvalue weighted by molar-refractivity contribution is 7.81. The molecule has 1 unspecified atom stereocenters. The van der Waals surface area contributed by atoms with Crippen LogP contribution in [-0.2, 0) is 14.3 Å². The van der Waals surface area contributed by atoms with Crippen LogP contribution in [0.5, 0.6) is 0 Å². The third-order valence-corrected chi connectivity index (χ3v) is 3.62. The SMILES string of the molecule is CCCCCCOCCCCCCCCOC(=O)C(C)S. The summed E-state index contributed by atoms with van der Waals surface area (Å²) in [7, 11) is 0. The van der Waals surface area contributed by atoms with Gasteiger partial charge in [-0.1, -0.05) is 51.9 Å². The number of rotatable bonds is 15. The number of thiol groups is 1. The lowest BCUT2D eigenvalue weighted by Crippen LogP contribution is -2.15. The minimum absolute atomic E-state index is 0.214. The molecule has 0 spiro atoms. The van der Waals surface area contributed by atoms with Gasteiger partial charge in [-0.05, 0) is 26.2 Å². The molecule has 0 amide bonds. The highest BCUT2D eigenvalue weighted by atomic mass is 32.1. The van der Waals surface area contributed by atoms with E-state index < -0.39 is 0 Å². The van der Waals surface area contributed by atoms with Gasteiger partial charge in [0, 0.05) is 13.2 Å². The number of hydrogen-bond donors (Lipinski definition) is 1. The lowest BCUT2D eigenvalue weighted by Gasteiger charge is -2.06. The molecule has 0 fully saturated rings. The number of carbonyl (C=O) groups is 1. The van der Waals surface area contributed by atoms with Gasteiger partial charge in [0.2, 0.25) is 0 Å². The third-order valence-electron chi connectivity index (χ3n) is 3.41. The van der Waals surface area contributed by atoms with Crippen LogP contribution in [0.1, 0.15) is 78.1 Å². The molecule has 126 valence electrons. The van der Waals surface area contributed by atoms with Crippen molar-refractivity contribution in [1.82, 2.24) is 0 Å². The van der Waals surface area contributed by atoms with Gasteiger partial charge in [0.1, 0.15) is 0 Å². The van der Waals surface area contributed by atoms with E-state index in [4.69, 9.17) is 9.47 Å². The summed E-state index contributed by atoms with van der Waals surface area (Å²) in [6.07, 6.45) is 12.1. The fourth-order valence-corrected chi connectivity index (χ4v) is 2.11. The van der Waals surface area contributed by atoms with Crippen LogP contribution in [0.4, 0.5) is 0 Å². The van der Waals surface area contributed by atoms with Crippen LogP contribution in [0.3, 0.4) is 0 Å². The van der Waals surface area contributed by atoms with E-state index in [0.717, 1.165) is 26.1 Å². The van der Waals surface area contributed by atoms with Crippen molar-refractivity contribution in [2.45, 2.75) is 83.3 Å². The van der Waals surface area contributed by atoms with Crippen molar-refractivity contribution in [3.63, 3.8) is 0 Å². The number of unbranched alkanes of at least 4 members (excludes halogenated alkanes) is 8. The molecular weight excluding hydrogens is 284 g/mol. The Hall–Kier alpha value is -0.220. The zero-order valence-corrected chi connectivity index (χ0v) is 14.8. The van der Waals surface area contributed by atoms with E-state index in [9.17, 15) is 4.79 Å². The lowest BCUT2D eigenvalue weighted by atomic mass is 10.1. The van der Waals surface area contributed by atoms with Gasteiger partial charge in [-0.15, -0.1) is 0 Å². The van der Waals surface area contributed by atoms with E-state index in [1.807, 2.05) is 0 Å².